The molecule has 2 heterocycles. The molecule has 0 saturated carbocycles. The van der Waals surface area contributed by atoms with Crippen molar-refractivity contribution in [2.45, 2.75) is 13.5 Å². The van der Waals surface area contributed by atoms with E-state index in [0.29, 0.717) is 33.4 Å². The van der Waals surface area contributed by atoms with Crippen LogP contribution in [0.5, 0.6) is 5.75 Å². The van der Waals surface area contributed by atoms with Gasteiger partial charge in [0.1, 0.15) is 18.0 Å². The fraction of sp³-hybridized carbons (Fsp3) is 0.0870. The van der Waals surface area contributed by atoms with Gasteiger partial charge in [-0.3, -0.25) is 14.0 Å². The maximum absolute atomic E-state index is 12.4. The van der Waals surface area contributed by atoms with Crippen molar-refractivity contribution in [2.75, 3.05) is 5.32 Å². The highest BCUT2D eigenvalue weighted by Gasteiger charge is 2.08. The summed E-state index contributed by atoms with van der Waals surface area (Å²) in [7, 11) is 0. The Kier molecular flexibility index (Phi) is 5.50. The Morgan fingerprint density at radius 2 is 1.93 bits per heavy atom. The van der Waals surface area contributed by atoms with Crippen LogP contribution in [0.25, 0.3) is 5.65 Å². The van der Waals surface area contributed by atoms with E-state index in [1.54, 1.807) is 60.8 Å². The van der Waals surface area contributed by atoms with Gasteiger partial charge in [-0.2, -0.15) is 0 Å². The molecule has 0 fully saturated rings. The lowest BCUT2D eigenvalue weighted by molar-refractivity contribution is 0.102. The van der Waals surface area contributed by atoms with E-state index in [0.717, 1.165) is 5.56 Å². The van der Waals surface area contributed by atoms with E-state index in [1.165, 1.54) is 10.5 Å². The topological polar surface area (TPSA) is 72.7 Å². The van der Waals surface area contributed by atoms with Crippen LogP contribution in [-0.4, -0.2) is 15.3 Å². The second kappa shape index (κ2) is 8.39. The van der Waals surface area contributed by atoms with Crippen molar-refractivity contribution in [1.29, 1.82) is 0 Å². The summed E-state index contributed by atoms with van der Waals surface area (Å²) in [6.07, 6.45) is 1.75. The van der Waals surface area contributed by atoms with Crippen molar-refractivity contribution in [2.24, 2.45) is 0 Å². The van der Waals surface area contributed by atoms with Gasteiger partial charge in [0, 0.05) is 34.6 Å². The zero-order valence-electron chi connectivity index (χ0n) is 16.1. The summed E-state index contributed by atoms with van der Waals surface area (Å²) in [5.41, 5.74) is 2.95. The van der Waals surface area contributed by atoms with Crippen LogP contribution in [0, 0.1) is 6.92 Å². The first-order chi connectivity index (χ1) is 14.5. The van der Waals surface area contributed by atoms with Gasteiger partial charge in [0.15, 0.2) is 0 Å². The van der Waals surface area contributed by atoms with Crippen molar-refractivity contribution >= 4 is 28.8 Å². The summed E-state index contributed by atoms with van der Waals surface area (Å²) >= 11 is 5.94. The summed E-state index contributed by atoms with van der Waals surface area (Å²) in [6, 6.07) is 18.9. The second-order valence-corrected chi connectivity index (χ2v) is 7.24. The molecule has 30 heavy (non-hydrogen) atoms. The largest absolute Gasteiger partial charge is 0.487 e. The van der Waals surface area contributed by atoms with Crippen LogP contribution in [0.4, 0.5) is 5.69 Å². The molecule has 6 nitrogen and oxygen atoms in total. The molecule has 2 aromatic carbocycles. The minimum atomic E-state index is -0.269. The number of carbonyl (C=O) groups excluding carboxylic acids is 1. The number of pyridine rings is 1. The Hall–Kier alpha value is -3.64. The molecule has 1 amide bonds. The third-order valence-corrected chi connectivity index (χ3v) is 4.66. The number of hydrogen-bond acceptors (Lipinski definition) is 4. The highest BCUT2D eigenvalue weighted by molar-refractivity contribution is 6.31. The van der Waals surface area contributed by atoms with E-state index in [9.17, 15) is 9.59 Å². The number of hydrogen-bond donors (Lipinski definition) is 1. The van der Waals surface area contributed by atoms with Crippen LogP contribution < -0.4 is 15.6 Å². The molecule has 0 radical (unpaired) electrons. The zero-order valence-corrected chi connectivity index (χ0v) is 16.9. The number of fused-ring (bicyclic) bond motifs is 1. The normalized spacial score (nSPS) is 10.7. The monoisotopic (exact) mass is 419 g/mol. The summed E-state index contributed by atoms with van der Waals surface area (Å²) in [5, 5.41) is 3.31. The molecule has 0 aliphatic carbocycles. The quantitative estimate of drug-likeness (QED) is 0.517. The number of nitrogens with zero attached hydrogens (tertiary/aromatic N) is 2. The third-order valence-electron chi connectivity index (χ3n) is 4.43. The second-order valence-electron chi connectivity index (χ2n) is 6.80. The molecule has 0 aliphatic heterocycles. The number of carbonyl (C=O) groups is 1. The van der Waals surface area contributed by atoms with E-state index < -0.39 is 0 Å². The van der Waals surface area contributed by atoms with E-state index >= 15 is 0 Å². The maximum atomic E-state index is 12.4. The Morgan fingerprint density at radius 3 is 2.77 bits per heavy atom. The van der Waals surface area contributed by atoms with E-state index in [-0.39, 0.29) is 18.1 Å². The number of anilines is 1. The molecule has 150 valence electrons. The fourth-order valence-electron chi connectivity index (χ4n) is 2.99. The summed E-state index contributed by atoms with van der Waals surface area (Å²) in [5.74, 6) is 0.277. The Balaban J connectivity index is 1.47. The van der Waals surface area contributed by atoms with Gasteiger partial charge in [0.05, 0.1) is 5.69 Å². The smallest absolute Gasteiger partial charge is 0.258 e. The number of rotatable bonds is 5. The molecule has 0 bridgehead atoms. The first-order valence-electron chi connectivity index (χ1n) is 9.27. The van der Waals surface area contributed by atoms with Gasteiger partial charge >= 0.3 is 0 Å². The maximum Gasteiger partial charge on any atom is 0.258 e. The van der Waals surface area contributed by atoms with Gasteiger partial charge in [0.2, 0.25) is 0 Å². The summed E-state index contributed by atoms with van der Waals surface area (Å²) in [4.78, 5) is 29.2. The highest BCUT2D eigenvalue weighted by Crippen LogP contribution is 2.20. The van der Waals surface area contributed by atoms with Crippen molar-refractivity contribution in [3.8, 4) is 5.75 Å². The average Bonchev–Trinajstić information content (AvgIpc) is 2.73. The molecule has 4 rings (SSSR count). The van der Waals surface area contributed by atoms with Crippen molar-refractivity contribution in [1.82, 2.24) is 9.38 Å². The lowest BCUT2D eigenvalue weighted by atomic mass is 10.2. The van der Waals surface area contributed by atoms with Gasteiger partial charge in [-0.1, -0.05) is 29.8 Å². The summed E-state index contributed by atoms with van der Waals surface area (Å²) in [6.45, 7) is 2.05. The van der Waals surface area contributed by atoms with Crippen molar-refractivity contribution < 1.29 is 9.53 Å². The van der Waals surface area contributed by atoms with Crippen LogP contribution in [-0.2, 0) is 6.61 Å². The van der Waals surface area contributed by atoms with Gasteiger partial charge in [0.25, 0.3) is 11.5 Å². The molecule has 7 heteroatoms. The highest BCUT2D eigenvalue weighted by atomic mass is 35.5. The first kappa shape index (κ1) is 19.7. The molecule has 1 N–H and O–H groups in total. The predicted molar refractivity (Wildman–Crippen MR) is 116 cm³/mol. The van der Waals surface area contributed by atoms with E-state index in [2.05, 4.69) is 10.3 Å². The van der Waals surface area contributed by atoms with Gasteiger partial charge in [-0.15, -0.1) is 0 Å². The molecule has 0 unspecified atom stereocenters. The number of halogens is 1. The molecule has 0 saturated heterocycles. The van der Waals surface area contributed by atoms with Crippen LogP contribution in [0.15, 0.2) is 77.7 Å². The Labute approximate surface area is 177 Å². The number of ether oxygens (including phenoxy) is 1. The minimum absolute atomic E-state index is 0.130. The number of benzene rings is 2. The zero-order chi connectivity index (χ0) is 21.1. The standard InChI is InChI=1S/C23H18ClN3O3/c1-15-8-9-21-25-19(12-22(28)27(21)13-15)14-30-20-7-3-6-18(11-20)26-23(29)16-4-2-5-17(24)10-16/h2-13H,14H2,1H3,(H,26,29). The number of aryl methyl sites for hydroxylation is 1. The summed E-state index contributed by atoms with van der Waals surface area (Å²) < 4.78 is 7.29. The number of nitrogens with one attached hydrogen (secondary N) is 1. The van der Waals surface area contributed by atoms with Crippen LogP contribution in [0.2, 0.25) is 5.02 Å². The lowest BCUT2D eigenvalue weighted by Crippen LogP contribution is -2.16. The molecular formula is C23H18ClN3O3. The molecule has 4 aromatic rings. The Bertz CT molecular complexity index is 1300. The van der Waals surface area contributed by atoms with Crippen molar-refractivity contribution in [3.63, 3.8) is 0 Å². The lowest BCUT2D eigenvalue weighted by Gasteiger charge is -2.10. The predicted octanol–water partition coefficient (Wildman–Crippen LogP) is 4.49. The SMILES string of the molecule is Cc1ccc2nc(COc3cccc(NC(=O)c4cccc(Cl)c4)c3)cc(=O)n2c1. The minimum Gasteiger partial charge on any atom is -0.487 e. The average molecular weight is 420 g/mol. The van der Waals surface area contributed by atoms with Crippen LogP contribution in [0.1, 0.15) is 21.6 Å². The molecule has 0 aliphatic rings. The van der Waals surface area contributed by atoms with E-state index in [4.69, 9.17) is 16.3 Å². The fourth-order valence-corrected chi connectivity index (χ4v) is 3.18. The van der Waals surface area contributed by atoms with E-state index in [1.807, 2.05) is 13.0 Å². The molecular weight excluding hydrogens is 402 g/mol. The van der Waals surface area contributed by atoms with Gasteiger partial charge in [-0.25, -0.2) is 4.98 Å². The van der Waals surface area contributed by atoms with Gasteiger partial charge in [-0.05, 0) is 48.9 Å². The van der Waals surface area contributed by atoms with Crippen molar-refractivity contribution in [3.05, 3.63) is 105 Å². The van der Waals surface area contributed by atoms with Crippen LogP contribution >= 0.6 is 11.6 Å². The number of amides is 1. The van der Waals surface area contributed by atoms with Crippen LogP contribution in [0.3, 0.4) is 0 Å². The molecule has 2 aromatic heterocycles. The Morgan fingerprint density at radius 1 is 1.10 bits per heavy atom. The molecule has 0 spiro atoms. The first-order valence-corrected chi connectivity index (χ1v) is 9.64. The van der Waals surface area contributed by atoms with Gasteiger partial charge < -0.3 is 10.1 Å². The molecule has 0 atom stereocenters. The number of aromatic nitrogens is 2. The third kappa shape index (κ3) is 4.50.